The molecule has 0 aliphatic heterocycles. The minimum atomic E-state index is -1.08. The molecule has 0 spiro atoms. The van der Waals surface area contributed by atoms with Gasteiger partial charge in [-0.15, -0.1) is 0 Å². The topological polar surface area (TPSA) is 86.5 Å². The summed E-state index contributed by atoms with van der Waals surface area (Å²) in [5, 5.41) is 10.4. The first-order chi connectivity index (χ1) is 10.4. The zero-order chi connectivity index (χ0) is 16.3. The predicted molar refractivity (Wildman–Crippen MR) is 76.6 cm³/mol. The van der Waals surface area contributed by atoms with Gasteiger partial charge in [-0.1, -0.05) is 11.3 Å². The van der Waals surface area contributed by atoms with Crippen LogP contribution < -0.4 is 0 Å². The molecule has 0 amide bonds. The maximum atomic E-state index is 12.8. The fourth-order valence-electron chi connectivity index (χ4n) is 1.66. The molecule has 0 radical (unpaired) electrons. The van der Waals surface area contributed by atoms with Crippen molar-refractivity contribution in [1.82, 2.24) is 0 Å². The molecule has 0 fully saturated rings. The maximum absolute atomic E-state index is 12.8. The highest BCUT2D eigenvalue weighted by Gasteiger charge is 2.23. The molecule has 2 aromatic rings. The first-order valence-corrected chi connectivity index (χ1v) is 6.95. The number of hydrogen-bond donors (Lipinski definition) is 0. The molecule has 0 saturated heterocycles. The summed E-state index contributed by atoms with van der Waals surface area (Å²) in [5.41, 5.74) is 0.207. The standard InChI is InChI=1S/C14H10FNO5S/c1-8(13(17)9-2-4-10(15)5-3-9)21-14(18)11-6-7-12(22-11)16(19)20/h2-8H,1H3/t8-/m1/s1. The second-order valence-corrected chi connectivity index (χ2v) is 5.38. The Kier molecular flexibility index (Phi) is 4.62. The van der Waals surface area contributed by atoms with E-state index in [1.807, 2.05) is 0 Å². The summed E-state index contributed by atoms with van der Waals surface area (Å²) >= 11 is 0.666. The largest absolute Gasteiger partial charge is 0.450 e. The smallest absolute Gasteiger partial charge is 0.349 e. The average Bonchev–Trinajstić information content (AvgIpc) is 2.97. The van der Waals surface area contributed by atoms with E-state index in [1.165, 1.54) is 31.2 Å². The first-order valence-electron chi connectivity index (χ1n) is 6.13. The molecule has 1 atom stereocenters. The van der Waals surface area contributed by atoms with Gasteiger partial charge in [0.15, 0.2) is 6.10 Å². The van der Waals surface area contributed by atoms with Crippen LogP contribution in [0.4, 0.5) is 9.39 Å². The lowest BCUT2D eigenvalue weighted by molar-refractivity contribution is -0.380. The zero-order valence-corrected chi connectivity index (χ0v) is 12.1. The summed E-state index contributed by atoms with van der Waals surface area (Å²) in [6.07, 6.45) is -1.08. The number of nitro groups is 1. The molecular formula is C14H10FNO5S. The van der Waals surface area contributed by atoms with Crippen LogP contribution in [-0.2, 0) is 4.74 Å². The van der Waals surface area contributed by atoms with Crippen molar-refractivity contribution in [3.05, 3.63) is 62.8 Å². The van der Waals surface area contributed by atoms with Crippen molar-refractivity contribution >= 4 is 28.1 Å². The molecule has 0 bridgehead atoms. The Morgan fingerprint density at radius 2 is 1.86 bits per heavy atom. The third-order valence-electron chi connectivity index (χ3n) is 2.75. The number of carbonyl (C=O) groups is 2. The van der Waals surface area contributed by atoms with Crippen molar-refractivity contribution < 1.29 is 23.6 Å². The minimum absolute atomic E-state index is 0.0328. The third-order valence-corrected chi connectivity index (χ3v) is 3.77. The van der Waals surface area contributed by atoms with E-state index in [-0.39, 0.29) is 15.4 Å². The average molecular weight is 323 g/mol. The molecule has 2 rings (SSSR count). The Labute approximate surface area is 128 Å². The van der Waals surface area contributed by atoms with Gasteiger partial charge in [0.1, 0.15) is 10.7 Å². The van der Waals surface area contributed by atoms with Crippen LogP contribution in [0.5, 0.6) is 0 Å². The number of thiophene rings is 1. The molecule has 8 heteroatoms. The van der Waals surface area contributed by atoms with E-state index in [0.29, 0.717) is 11.3 Å². The van der Waals surface area contributed by atoms with Crippen molar-refractivity contribution in [2.24, 2.45) is 0 Å². The van der Waals surface area contributed by atoms with Crippen LogP contribution in [0.3, 0.4) is 0 Å². The lowest BCUT2D eigenvalue weighted by atomic mass is 10.1. The number of hydrogen-bond acceptors (Lipinski definition) is 6. The Balaban J connectivity index is 2.05. The van der Waals surface area contributed by atoms with Gasteiger partial charge in [0.25, 0.3) is 0 Å². The summed E-state index contributed by atoms with van der Waals surface area (Å²) in [4.78, 5) is 33.8. The number of esters is 1. The number of rotatable bonds is 5. The zero-order valence-electron chi connectivity index (χ0n) is 11.3. The Bertz CT molecular complexity index is 725. The van der Waals surface area contributed by atoms with Crippen LogP contribution >= 0.6 is 11.3 Å². The number of nitrogens with zero attached hydrogens (tertiary/aromatic N) is 1. The van der Waals surface area contributed by atoms with E-state index < -0.39 is 28.6 Å². The van der Waals surface area contributed by atoms with Crippen LogP contribution in [0.25, 0.3) is 0 Å². The summed E-state index contributed by atoms with van der Waals surface area (Å²) in [7, 11) is 0. The lowest BCUT2D eigenvalue weighted by Crippen LogP contribution is -2.24. The van der Waals surface area contributed by atoms with Crippen LogP contribution in [0.2, 0.25) is 0 Å². The van der Waals surface area contributed by atoms with Gasteiger partial charge in [-0.3, -0.25) is 14.9 Å². The molecule has 0 aliphatic rings. The van der Waals surface area contributed by atoms with Gasteiger partial charge in [0.05, 0.1) is 4.92 Å². The van der Waals surface area contributed by atoms with Gasteiger partial charge in [0.2, 0.25) is 5.78 Å². The molecule has 0 unspecified atom stereocenters. The number of ketones is 1. The highest BCUT2D eigenvalue weighted by Crippen LogP contribution is 2.25. The summed E-state index contributed by atoms with van der Waals surface area (Å²) in [6.45, 7) is 1.38. The fourth-order valence-corrected chi connectivity index (χ4v) is 2.36. The number of halogens is 1. The highest BCUT2D eigenvalue weighted by molar-refractivity contribution is 7.17. The Hall–Kier alpha value is -2.61. The molecule has 22 heavy (non-hydrogen) atoms. The van der Waals surface area contributed by atoms with Gasteiger partial charge in [-0.25, -0.2) is 9.18 Å². The van der Waals surface area contributed by atoms with E-state index in [2.05, 4.69) is 0 Å². The van der Waals surface area contributed by atoms with Gasteiger partial charge < -0.3 is 4.74 Å². The molecule has 0 aliphatic carbocycles. The third kappa shape index (κ3) is 3.53. The van der Waals surface area contributed by atoms with E-state index >= 15 is 0 Å². The quantitative estimate of drug-likeness (QED) is 0.365. The summed E-state index contributed by atoms with van der Waals surface area (Å²) in [5.74, 6) is -1.78. The molecule has 1 aromatic heterocycles. The summed E-state index contributed by atoms with van der Waals surface area (Å²) in [6, 6.07) is 7.29. The van der Waals surface area contributed by atoms with E-state index in [4.69, 9.17) is 4.74 Å². The van der Waals surface area contributed by atoms with Crippen molar-refractivity contribution in [1.29, 1.82) is 0 Å². The van der Waals surface area contributed by atoms with Crippen molar-refractivity contribution in [2.75, 3.05) is 0 Å². The predicted octanol–water partition coefficient (Wildman–Crippen LogP) is 3.22. The van der Waals surface area contributed by atoms with E-state index in [9.17, 15) is 24.1 Å². The van der Waals surface area contributed by atoms with Crippen LogP contribution in [-0.4, -0.2) is 22.8 Å². The number of ether oxygens (including phenoxy) is 1. The van der Waals surface area contributed by atoms with Gasteiger partial charge in [0, 0.05) is 11.6 Å². The number of carbonyl (C=O) groups excluding carboxylic acids is 2. The molecule has 0 saturated carbocycles. The first kappa shape index (κ1) is 15.8. The normalized spacial score (nSPS) is 11.7. The van der Waals surface area contributed by atoms with Crippen molar-refractivity contribution in [3.8, 4) is 0 Å². The van der Waals surface area contributed by atoms with E-state index in [1.54, 1.807) is 0 Å². The molecule has 1 heterocycles. The molecule has 114 valence electrons. The monoisotopic (exact) mass is 323 g/mol. The Morgan fingerprint density at radius 3 is 2.41 bits per heavy atom. The molecule has 0 N–H and O–H groups in total. The second kappa shape index (κ2) is 6.44. The maximum Gasteiger partial charge on any atom is 0.349 e. The van der Waals surface area contributed by atoms with Gasteiger partial charge >= 0.3 is 11.0 Å². The Morgan fingerprint density at radius 1 is 1.23 bits per heavy atom. The minimum Gasteiger partial charge on any atom is -0.450 e. The van der Waals surface area contributed by atoms with Gasteiger partial charge in [-0.2, -0.15) is 0 Å². The van der Waals surface area contributed by atoms with Crippen LogP contribution in [0.15, 0.2) is 36.4 Å². The molecular weight excluding hydrogens is 313 g/mol. The molecule has 1 aromatic carbocycles. The fraction of sp³-hybridized carbons (Fsp3) is 0.143. The van der Waals surface area contributed by atoms with Gasteiger partial charge in [-0.05, 0) is 37.3 Å². The summed E-state index contributed by atoms with van der Waals surface area (Å²) < 4.78 is 17.8. The second-order valence-electron chi connectivity index (χ2n) is 4.31. The SMILES string of the molecule is C[C@@H](OC(=O)c1ccc([N+](=O)[O-])s1)C(=O)c1ccc(F)cc1. The van der Waals surface area contributed by atoms with Crippen molar-refractivity contribution in [3.63, 3.8) is 0 Å². The van der Waals surface area contributed by atoms with Crippen molar-refractivity contribution in [2.45, 2.75) is 13.0 Å². The molecule has 6 nitrogen and oxygen atoms in total. The van der Waals surface area contributed by atoms with E-state index in [0.717, 1.165) is 12.1 Å². The number of Topliss-reactive ketones (excluding diaryl/α,β-unsaturated/α-hetero) is 1. The highest BCUT2D eigenvalue weighted by atomic mass is 32.1. The van der Waals surface area contributed by atoms with Crippen LogP contribution in [0.1, 0.15) is 27.0 Å². The lowest BCUT2D eigenvalue weighted by Gasteiger charge is -2.11. The number of benzene rings is 1. The van der Waals surface area contributed by atoms with Crippen LogP contribution in [0, 0.1) is 15.9 Å².